The molecular formula is C21H27FN4O. The van der Waals surface area contributed by atoms with E-state index >= 15 is 0 Å². The largest absolute Gasteiger partial charge is 0.376 e. The molecule has 2 N–H and O–H groups in total. The Morgan fingerprint density at radius 3 is 2.33 bits per heavy atom. The van der Waals surface area contributed by atoms with Crippen LogP contribution >= 0.6 is 0 Å². The molecule has 0 bridgehead atoms. The van der Waals surface area contributed by atoms with Gasteiger partial charge in [0.05, 0.1) is 6.54 Å². The molecule has 2 aromatic rings. The molecule has 144 valence electrons. The van der Waals surface area contributed by atoms with Gasteiger partial charge in [0, 0.05) is 44.1 Å². The molecule has 1 fully saturated rings. The second-order valence-electron chi connectivity index (χ2n) is 6.92. The summed E-state index contributed by atoms with van der Waals surface area (Å²) in [5, 5.41) is 6.02. The normalized spacial score (nSPS) is 14.8. The second-order valence-corrected chi connectivity index (χ2v) is 6.92. The first-order chi connectivity index (χ1) is 13.1. The summed E-state index contributed by atoms with van der Waals surface area (Å²) in [5.74, 6) is -0.300. The highest BCUT2D eigenvalue weighted by molar-refractivity contribution is 5.80. The van der Waals surface area contributed by atoms with Crippen molar-refractivity contribution in [3.8, 4) is 0 Å². The van der Waals surface area contributed by atoms with Crippen LogP contribution in [0.2, 0.25) is 0 Å². The van der Waals surface area contributed by atoms with Crippen LogP contribution in [0.5, 0.6) is 0 Å². The van der Waals surface area contributed by atoms with E-state index in [4.69, 9.17) is 0 Å². The quantitative estimate of drug-likeness (QED) is 0.786. The minimum Gasteiger partial charge on any atom is -0.376 e. The molecule has 27 heavy (non-hydrogen) atoms. The lowest BCUT2D eigenvalue weighted by atomic mass is 10.1. The molecule has 0 saturated carbocycles. The number of nitrogens with one attached hydrogen (secondary N) is 2. The lowest BCUT2D eigenvalue weighted by Crippen LogP contribution is -2.44. The van der Waals surface area contributed by atoms with Crippen molar-refractivity contribution in [2.24, 2.45) is 0 Å². The van der Waals surface area contributed by atoms with Gasteiger partial charge in [-0.2, -0.15) is 0 Å². The number of benzene rings is 2. The molecule has 1 heterocycles. The number of rotatable bonds is 7. The molecule has 0 aliphatic carbocycles. The molecule has 1 saturated heterocycles. The van der Waals surface area contributed by atoms with Gasteiger partial charge in [0.25, 0.3) is 0 Å². The van der Waals surface area contributed by atoms with E-state index in [1.807, 2.05) is 12.1 Å². The number of anilines is 2. The second kappa shape index (κ2) is 9.37. The fourth-order valence-corrected chi connectivity index (χ4v) is 3.10. The Hall–Kier alpha value is -2.60. The summed E-state index contributed by atoms with van der Waals surface area (Å²) in [4.78, 5) is 16.7. The molecule has 1 aliphatic rings. The van der Waals surface area contributed by atoms with Crippen molar-refractivity contribution in [3.05, 3.63) is 59.9 Å². The molecule has 1 aliphatic heterocycles. The average molecular weight is 370 g/mol. The third-order valence-electron chi connectivity index (χ3n) is 4.84. The average Bonchev–Trinajstić information content (AvgIpc) is 2.69. The summed E-state index contributed by atoms with van der Waals surface area (Å²) in [5.41, 5.74) is 3.16. The number of hydrogen-bond donors (Lipinski definition) is 2. The van der Waals surface area contributed by atoms with Gasteiger partial charge in [0.15, 0.2) is 0 Å². The lowest BCUT2D eigenvalue weighted by molar-refractivity contribution is -0.119. The van der Waals surface area contributed by atoms with Crippen LogP contribution in [0.4, 0.5) is 15.8 Å². The predicted octanol–water partition coefficient (Wildman–Crippen LogP) is 2.35. The third-order valence-corrected chi connectivity index (χ3v) is 4.84. The van der Waals surface area contributed by atoms with E-state index in [2.05, 4.69) is 39.6 Å². The summed E-state index contributed by atoms with van der Waals surface area (Å²) < 4.78 is 12.9. The van der Waals surface area contributed by atoms with Crippen LogP contribution in [0.25, 0.3) is 0 Å². The van der Waals surface area contributed by atoms with Crippen molar-refractivity contribution in [1.82, 2.24) is 10.2 Å². The fraction of sp³-hybridized carbons (Fsp3) is 0.381. The highest BCUT2D eigenvalue weighted by atomic mass is 19.1. The summed E-state index contributed by atoms with van der Waals surface area (Å²) in [6.45, 7) is 5.02. The van der Waals surface area contributed by atoms with Crippen LogP contribution in [0.15, 0.2) is 48.5 Å². The van der Waals surface area contributed by atoms with Crippen molar-refractivity contribution in [3.63, 3.8) is 0 Å². The number of amides is 1. The molecular weight excluding hydrogens is 343 g/mol. The van der Waals surface area contributed by atoms with Gasteiger partial charge in [-0.3, -0.25) is 4.79 Å². The van der Waals surface area contributed by atoms with Gasteiger partial charge < -0.3 is 20.4 Å². The van der Waals surface area contributed by atoms with Gasteiger partial charge in [-0.05, 0) is 55.4 Å². The SMILES string of the molecule is CN1CCN(c2ccc(NCC(=O)NCCc3ccc(F)cc3)cc2)CC1. The maximum absolute atomic E-state index is 12.9. The molecule has 1 amide bonds. The zero-order chi connectivity index (χ0) is 19.1. The van der Waals surface area contributed by atoms with Crippen LogP contribution in [0.3, 0.4) is 0 Å². The Morgan fingerprint density at radius 2 is 1.67 bits per heavy atom. The van der Waals surface area contributed by atoms with Crippen LogP contribution in [0.1, 0.15) is 5.56 Å². The monoisotopic (exact) mass is 370 g/mol. The van der Waals surface area contributed by atoms with Gasteiger partial charge in [-0.15, -0.1) is 0 Å². The minimum absolute atomic E-state index is 0.0553. The van der Waals surface area contributed by atoms with E-state index < -0.39 is 0 Å². The molecule has 0 unspecified atom stereocenters. The highest BCUT2D eigenvalue weighted by Crippen LogP contribution is 2.19. The fourth-order valence-electron chi connectivity index (χ4n) is 3.10. The van der Waals surface area contributed by atoms with E-state index in [1.165, 1.54) is 17.8 Å². The molecule has 2 aromatic carbocycles. The van der Waals surface area contributed by atoms with E-state index in [0.717, 1.165) is 37.4 Å². The summed E-state index contributed by atoms with van der Waals surface area (Å²) in [7, 11) is 2.15. The first kappa shape index (κ1) is 19.2. The Kier molecular flexibility index (Phi) is 6.65. The standard InChI is InChI=1S/C21H27FN4O/c1-25-12-14-26(15-13-25)20-8-6-19(7-9-20)24-16-21(27)23-11-10-17-2-4-18(22)5-3-17/h2-9,24H,10-16H2,1H3,(H,23,27). The van der Waals surface area contributed by atoms with Crippen LogP contribution in [0, 0.1) is 5.82 Å². The maximum atomic E-state index is 12.9. The number of nitrogens with zero attached hydrogens (tertiary/aromatic N) is 2. The smallest absolute Gasteiger partial charge is 0.239 e. The van der Waals surface area contributed by atoms with Gasteiger partial charge in [-0.1, -0.05) is 12.1 Å². The number of likely N-dealkylation sites (N-methyl/N-ethyl adjacent to an activating group) is 1. The first-order valence-corrected chi connectivity index (χ1v) is 9.39. The molecule has 6 heteroatoms. The van der Waals surface area contributed by atoms with Crippen molar-refractivity contribution in [1.29, 1.82) is 0 Å². The summed E-state index contributed by atoms with van der Waals surface area (Å²) in [6, 6.07) is 14.6. The topological polar surface area (TPSA) is 47.6 Å². The van der Waals surface area contributed by atoms with E-state index in [0.29, 0.717) is 13.0 Å². The molecule has 0 atom stereocenters. The Morgan fingerprint density at radius 1 is 1.00 bits per heavy atom. The van der Waals surface area contributed by atoms with Gasteiger partial charge in [0.2, 0.25) is 5.91 Å². The number of piperazine rings is 1. The van der Waals surface area contributed by atoms with Crippen molar-refractivity contribution >= 4 is 17.3 Å². The number of carbonyl (C=O) groups is 1. The van der Waals surface area contributed by atoms with E-state index in [-0.39, 0.29) is 18.3 Å². The summed E-state index contributed by atoms with van der Waals surface area (Å²) >= 11 is 0. The van der Waals surface area contributed by atoms with Gasteiger partial charge in [0.1, 0.15) is 5.82 Å². The van der Waals surface area contributed by atoms with E-state index in [1.54, 1.807) is 12.1 Å². The first-order valence-electron chi connectivity index (χ1n) is 9.39. The highest BCUT2D eigenvalue weighted by Gasteiger charge is 2.13. The molecule has 5 nitrogen and oxygen atoms in total. The lowest BCUT2D eigenvalue weighted by Gasteiger charge is -2.34. The van der Waals surface area contributed by atoms with Crippen molar-refractivity contribution in [2.75, 3.05) is 56.5 Å². The molecule has 0 radical (unpaired) electrons. The summed E-state index contributed by atoms with van der Waals surface area (Å²) in [6.07, 6.45) is 0.686. The van der Waals surface area contributed by atoms with E-state index in [9.17, 15) is 9.18 Å². The minimum atomic E-state index is -0.245. The van der Waals surface area contributed by atoms with Crippen molar-refractivity contribution in [2.45, 2.75) is 6.42 Å². The zero-order valence-corrected chi connectivity index (χ0v) is 15.7. The zero-order valence-electron chi connectivity index (χ0n) is 15.7. The van der Waals surface area contributed by atoms with Crippen LogP contribution < -0.4 is 15.5 Å². The molecule has 0 aromatic heterocycles. The maximum Gasteiger partial charge on any atom is 0.239 e. The number of carbonyl (C=O) groups excluding carboxylic acids is 1. The van der Waals surface area contributed by atoms with Gasteiger partial charge >= 0.3 is 0 Å². The molecule has 3 rings (SSSR count). The van der Waals surface area contributed by atoms with Crippen LogP contribution in [-0.2, 0) is 11.2 Å². The Labute approximate surface area is 160 Å². The predicted molar refractivity (Wildman–Crippen MR) is 108 cm³/mol. The third kappa shape index (κ3) is 5.96. The van der Waals surface area contributed by atoms with Crippen molar-refractivity contribution < 1.29 is 9.18 Å². The number of halogens is 1. The number of hydrogen-bond acceptors (Lipinski definition) is 4. The Bertz CT molecular complexity index is 725. The Balaban J connectivity index is 1.37. The van der Waals surface area contributed by atoms with Gasteiger partial charge in [-0.25, -0.2) is 4.39 Å². The van der Waals surface area contributed by atoms with Crippen LogP contribution in [-0.4, -0.2) is 57.1 Å². The molecule has 0 spiro atoms.